The minimum absolute atomic E-state index is 0.128. The van der Waals surface area contributed by atoms with Gasteiger partial charge in [0.05, 0.1) is 0 Å². The van der Waals surface area contributed by atoms with Gasteiger partial charge in [-0.05, 0) is 50.6 Å². The van der Waals surface area contributed by atoms with Crippen LogP contribution in [0.4, 0.5) is 4.79 Å². The second kappa shape index (κ2) is 7.18. The van der Waals surface area contributed by atoms with Gasteiger partial charge in [-0.1, -0.05) is 25.5 Å². The molecule has 1 saturated heterocycles. The van der Waals surface area contributed by atoms with Crippen LogP contribution in [0.1, 0.15) is 38.2 Å². The molecule has 24 heavy (non-hydrogen) atoms. The number of carbonyl (C=O) groups is 1. The summed E-state index contributed by atoms with van der Waals surface area (Å²) in [5, 5.41) is 0. The molecule has 1 aliphatic heterocycles. The van der Waals surface area contributed by atoms with Crippen molar-refractivity contribution < 1.29 is 9.53 Å². The number of hydrogen-bond acceptors (Lipinski definition) is 4. The van der Waals surface area contributed by atoms with Crippen molar-refractivity contribution in [3.05, 3.63) is 48.5 Å². The number of nitrogens with zero attached hydrogens (tertiary/aromatic N) is 3. The van der Waals surface area contributed by atoms with E-state index in [9.17, 15) is 4.79 Å². The van der Waals surface area contributed by atoms with Gasteiger partial charge < -0.3 is 9.64 Å². The molecule has 0 N–H and O–H groups in total. The minimum atomic E-state index is -0.437. The first-order chi connectivity index (χ1) is 11.6. The van der Waals surface area contributed by atoms with Gasteiger partial charge in [-0.3, -0.25) is 0 Å². The van der Waals surface area contributed by atoms with Crippen molar-refractivity contribution in [3.63, 3.8) is 0 Å². The van der Waals surface area contributed by atoms with Gasteiger partial charge in [-0.25, -0.2) is 14.3 Å². The molecule has 5 heteroatoms. The number of hydrogen-bond donors (Lipinski definition) is 0. The van der Waals surface area contributed by atoms with Crippen LogP contribution in [0.15, 0.2) is 43.0 Å². The van der Waals surface area contributed by atoms with Gasteiger partial charge in [0, 0.05) is 24.4 Å². The van der Waals surface area contributed by atoms with Gasteiger partial charge >= 0.3 is 6.09 Å². The van der Waals surface area contributed by atoms with Gasteiger partial charge in [-0.2, -0.15) is 0 Å². The summed E-state index contributed by atoms with van der Waals surface area (Å²) in [6.07, 6.45) is 8.88. The number of rotatable bonds is 3. The summed E-state index contributed by atoms with van der Waals surface area (Å²) in [7, 11) is 2.19. The molecule has 1 unspecified atom stereocenters. The first-order valence-corrected chi connectivity index (χ1v) is 8.62. The highest BCUT2D eigenvalue weighted by molar-refractivity contribution is 5.72. The van der Waals surface area contributed by atoms with E-state index in [2.05, 4.69) is 29.9 Å². The van der Waals surface area contributed by atoms with Gasteiger partial charge in [0.2, 0.25) is 0 Å². The predicted molar refractivity (Wildman–Crippen MR) is 93.4 cm³/mol. The third kappa shape index (κ3) is 3.51. The molecule has 3 rings (SSSR count). The van der Waals surface area contributed by atoms with E-state index < -0.39 is 6.09 Å². The lowest BCUT2D eigenvalue weighted by atomic mass is 9.74. The molecule has 1 atom stereocenters. The van der Waals surface area contributed by atoms with E-state index >= 15 is 0 Å². The van der Waals surface area contributed by atoms with Crippen LogP contribution in [0.25, 0.3) is 0 Å². The highest BCUT2D eigenvalue weighted by atomic mass is 16.6. The number of benzene rings is 1. The lowest BCUT2D eigenvalue weighted by Crippen LogP contribution is -2.37. The standard InChI is InChI=1S/C19H25N3O2/c1-3-19(9-4-5-11-21(2)14-19)16-7-6-8-17(13-16)24-18(23)22-12-10-20-15-22/h6-8,10,12-13,15H,3-5,9,11,14H2,1-2H3. The Bertz CT molecular complexity index is 684. The van der Waals surface area contributed by atoms with Crippen LogP contribution in [0, 0.1) is 0 Å². The summed E-state index contributed by atoms with van der Waals surface area (Å²) in [5.74, 6) is 0.589. The lowest BCUT2D eigenvalue weighted by Gasteiger charge is -2.35. The smallest absolute Gasteiger partial charge is 0.410 e. The average Bonchev–Trinajstić information content (AvgIpc) is 3.05. The van der Waals surface area contributed by atoms with E-state index in [1.54, 1.807) is 12.4 Å². The zero-order valence-corrected chi connectivity index (χ0v) is 14.4. The van der Waals surface area contributed by atoms with Crippen molar-refractivity contribution >= 4 is 6.09 Å². The fourth-order valence-electron chi connectivity index (χ4n) is 3.66. The Labute approximate surface area is 143 Å². The summed E-state index contributed by atoms with van der Waals surface area (Å²) in [4.78, 5) is 18.4. The van der Waals surface area contributed by atoms with Crippen molar-refractivity contribution in [1.29, 1.82) is 0 Å². The Hall–Kier alpha value is -2.14. The molecule has 0 saturated carbocycles. The Balaban J connectivity index is 1.84. The topological polar surface area (TPSA) is 47.4 Å². The van der Waals surface area contributed by atoms with Crippen molar-refractivity contribution in [2.75, 3.05) is 20.1 Å². The molecule has 1 aliphatic rings. The minimum Gasteiger partial charge on any atom is -0.410 e. The van der Waals surface area contributed by atoms with E-state index in [0.29, 0.717) is 5.75 Å². The predicted octanol–water partition coefficient (Wildman–Crippen LogP) is 3.69. The van der Waals surface area contributed by atoms with Crippen LogP contribution >= 0.6 is 0 Å². The molecule has 0 amide bonds. The Morgan fingerprint density at radius 3 is 3.00 bits per heavy atom. The summed E-state index contributed by atoms with van der Waals surface area (Å²) in [6.45, 7) is 4.45. The number of likely N-dealkylation sites (N-methyl/N-ethyl adjacent to an activating group) is 1. The first kappa shape index (κ1) is 16.7. The second-order valence-corrected chi connectivity index (χ2v) is 6.69. The molecule has 128 valence electrons. The largest absolute Gasteiger partial charge is 0.424 e. The molecule has 0 aliphatic carbocycles. The fourth-order valence-corrected chi connectivity index (χ4v) is 3.66. The maximum absolute atomic E-state index is 12.1. The number of aromatic nitrogens is 2. The molecule has 2 aromatic rings. The highest BCUT2D eigenvalue weighted by Gasteiger charge is 2.33. The van der Waals surface area contributed by atoms with Gasteiger partial charge in [-0.15, -0.1) is 0 Å². The van der Waals surface area contributed by atoms with Crippen molar-refractivity contribution in [2.45, 2.75) is 38.0 Å². The van der Waals surface area contributed by atoms with Crippen molar-refractivity contribution in [2.24, 2.45) is 0 Å². The van der Waals surface area contributed by atoms with E-state index in [1.807, 2.05) is 18.2 Å². The molecule has 1 fully saturated rings. The molecule has 1 aromatic heterocycles. The average molecular weight is 327 g/mol. The number of imidazole rings is 1. The monoisotopic (exact) mass is 327 g/mol. The molecule has 0 spiro atoms. The first-order valence-electron chi connectivity index (χ1n) is 8.62. The summed E-state index contributed by atoms with van der Waals surface area (Å²) < 4.78 is 6.84. The molecular formula is C19H25N3O2. The lowest BCUT2D eigenvalue weighted by molar-refractivity contribution is 0.202. The normalized spacial score (nSPS) is 22.1. The summed E-state index contributed by atoms with van der Waals surface area (Å²) >= 11 is 0. The van der Waals surface area contributed by atoms with Gasteiger partial charge in [0.15, 0.2) is 0 Å². The third-order valence-electron chi connectivity index (χ3n) is 5.06. The van der Waals surface area contributed by atoms with Crippen LogP contribution in [-0.2, 0) is 5.41 Å². The second-order valence-electron chi connectivity index (χ2n) is 6.69. The maximum Gasteiger partial charge on any atom is 0.424 e. The van der Waals surface area contributed by atoms with Gasteiger partial charge in [0.25, 0.3) is 0 Å². The number of carbonyl (C=O) groups excluding carboxylic acids is 1. The Kier molecular flexibility index (Phi) is 5.00. The number of ether oxygens (including phenoxy) is 1. The molecule has 2 heterocycles. The summed E-state index contributed by atoms with van der Waals surface area (Å²) in [6, 6.07) is 8.00. The molecule has 1 aromatic carbocycles. The van der Waals surface area contributed by atoms with Crippen LogP contribution in [-0.4, -0.2) is 40.7 Å². The highest BCUT2D eigenvalue weighted by Crippen LogP contribution is 2.37. The molecular weight excluding hydrogens is 302 g/mol. The molecule has 5 nitrogen and oxygen atoms in total. The van der Waals surface area contributed by atoms with Crippen molar-refractivity contribution in [3.8, 4) is 5.75 Å². The maximum atomic E-state index is 12.1. The van der Waals surface area contributed by atoms with Crippen LogP contribution < -0.4 is 4.74 Å². The van der Waals surface area contributed by atoms with Crippen LogP contribution in [0.5, 0.6) is 5.75 Å². The van der Waals surface area contributed by atoms with Crippen LogP contribution in [0.3, 0.4) is 0 Å². The number of likely N-dealkylation sites (tertiary alicyclic amines) is 1. The van der Waals surface area contributed by atoms with E-state index in [1.165, 1.54) is 35.7 Å². The van der Waals surface area contributed by atoms with Crippen LogP contribution in [0.2, 0.25) is 0 Å². The SMILES string of the molecule is CCC1(c2cccc(OC(=O)n3ccnc3)c2)CCCCN(C)C1. The van der Waals surface area contributed by atoms with E-state index in [-0.39, 0.29) is 5.41 Å². The van der Waals surface area contributed by atoms with E-state index in [4.69, 9.17) is 4.74 Å². The quantitative estimate of drug-likeness (QED) is 0.862. The summed E-state index contributed by atoms with van der Waals surface area (Å²) in [5.41, 5.74) is 1.39. The Morgan fingerprint density at radius 2 is 2.25 bits per heavy atom. The molecule has 0 radical (unpaired) electrons. The zero-order chi connectivity index (χ0) is 17.0. The molecule has 0 bridgehead atoms. The van der Waals surface area contributed by atoms with Gasteiger partial charge in [0.1, 0.15) is 12.1 Å². The fraction of sp³-hybridized carbons (Fsp3) is 0.474. The van der Waals surface area contributed by atoms with Crippen molar-refractivity contribution in [1.82, 2.24) is 14.5 Å². The van der Waals surface area contributed by atoms with E-state index in [0.717, 1.165) is 19.5 Å². The zero-order valence-electron chi connectivity index (χ0n) is 14.4. The third-order valence-corrected chi connectivity index (χ3v) is 5.06. The Morgan fingerprint density at radius 1 is 1.38 bits per heavy atom.